The van der Waals surface area contributed by atoms with E-state index in [1.807, 2.05) is 29.2 Å². The number of amides is 1. The molecule has 1 aliphatic rings. The van der Waals surface area contributed by atoms with Gasteiger partial charge in [0.15, 0.2) is 0 Å². The molecule has 1 saturated heterocycles. The molecule has 2 rings (SSSR count). The predicted octanol–water partition coefficient (Wildman–Crippen LogP) is 2.24. The number of hydrogen-bond donors (Lipinski definition) is 0. The van der Waals surface area contributed by atoms with E-state index in [1.54, 1.807) is 7.11 Å². The Bertz CT molecular complexity index is 385. The van der Waals surface area contributed by atoms with Gasteiger partial charge in [-0.05, 0) is 24.1 Å². The molecule has 1 amide bonds. The van der Waals surface area contributed by atoms with E-state index in [1.165, 1.54) is 5.56 Å². The maximum Gasteiger partial charge on any atom is 0.223 e. The average molecular weight is 298 g/mol. The summed E-state index contributed by atoms with van der Waals surface area (Å²) in [5.41, 5.74) is 1.20. The van der Waals surface area contributed by atoms with Crippen LogP contribution in [0.4, 0.5) is 0 Å². The molecule has 0 atom stereocenters. The second-order valence-electron chi connectivity index (χ2n) is 4.28. The largest absolute Gasteiger partial charge is 0.378 e. The smallest absolute Gasteiger partial charge is 0.223 e. The van der Waals surface area contributed by atoms with Crippen LogP contribution in [0.1, 0.15) is 12.0 Å². The van der Waals surface area contributed by atoms with Gasteiger partial charge in [0, 0.05) is 31.1 Å². The average Bonchev–Trinajstić information content (AvgIpc) is 2.27. The Hall–Kier alpha value is -0.870. The first kappa shape index (κ1) is 12.6. The molecule has 1 aromatic carbocycles. The fraction of sp³-hybridized carbons (Fsp3) is 0.462. The summed E-state index contributed by atoms with van der Waals surface area (Å²) in [7, 11) is 1.69. The molecule has 0 N–H and O–H groups in total. The number of methoxy groups -OCH3 is 1. The van der Waals surface area contributed by atoms with Gasteiger partial charge in [-0.3, -0.25) is 4.79 Å². The van der Waals surface area contributed by atoms with Gasteiger partial charge >= 0.3 is 0 Å². The maximum atomic E-state index is 11.8. The lowest BCUT2D eigenvalue weighted by atomic mass is 10.1. The van der Waals surface area contributed by atoms with Crippen molar-refractivity contribution >= 4 is 21.8 Å². The summed E-state index contributed by atoms with van der Waals surface area (Å²) in [5, 5.41) is 0. The molecular weight excluding hydrogens is 282 g/mol. The number of halogens is 1. The van der Waals surface area contributed by atoms with E-state index >= 15 is 0 Å². The Morgan fingerprint density at radius 3 is 2.65 bits per heavy atom. The van der Waals surface area contributed by atoms with E-state index in [-0.39, 0.29) is 12.0 Å². The summed E-state index contributed by atoms with van der Waals surface area (Å²) in [6.45, 7) is 1.49. The summed E-state index contributed by atoms with van der Waals surface area (Å²) < 4.78 is 6.21. The van der Waals surface area contributed by atoms with Crippen molar-refractivity contribution < 1.29 is 9.53 Å². The third-order valence-electron chi connectivity index (χ3n) is 3.07. The van der Waals surface area contributed by atoms with Crippen LogP contribution in [0.15, 0.2) is 28.7 Å². The standard InChI is InChI=1S/C13H16BrNO2/c1-17-12-8-15(9-12)13(16)7-4-10-2-5-11(14)6-3-10/h2-3,5-6,12H,4,7-9H2,1H3. The predicted molar refractivity (Wildman–Crippen MR) is 69.8 cm³/mol. The highest BCUT2D eigenvalue weighted by molar-refractivity contribution is 9.10. The molecule has 1 fully saturated rings. The topological polar surface area (TPSA) is 29.5 Å². The zero-order valence-electron chi connectivity index (χ0n) is 9.86. The van der Waals surface area contributed by atoms with Crippen LogP contribution in [0.25, 0.3) is 0 Å². The highest BCUT2D eigenvalue weighted by atomic mass is 79.9. The van der Waals surface area contributed by atoms with E-state index < -0.39 is 0 Å². The van der Waals surface area contributed by atoms with Gasteiger partial charge < -0.3 is 9.64 Å². The number of rotatable bonds is 4. The van der Waals surface area contributed by atoms with Crippen LogP contribution in [-0.2, 0) is 16.0 Å². The second-order valence-corrected chi connectivity index (χ2v) is 5.20. The molecule has 0 saturated carbocycles. The Balaban J connectivity index is 1.75. The monoisotopic (exact) mass is 297 g/mol. The molecule has 17 heavy (non-hydrogen) atoms. The molecule has 3 nitrogen and oxygen atoms in total. The summed E-state index contributed by atoms with van der Waals surface area (Å²) in [6, 6.07) is 8.10. The summed E-state index contributed by atoms with van der Waals surface area (Å²) in [5.74, 6) is 0.223. The number of carbonyl (C=O) groups is 1. The van der Waals surface area contributed by atoms with Crippen molar-refractivity contribution in [3.63, 3.8) is 0 Å². The first-order valence-corrected chi connectivity index (χ1v) is 6.53. The minimum Gasteiger partial charge on any atom is -0.378 e. The molecule has 1 heterocycles. The van der Waals surface area contributed by atoms with Crippen molar-refractivity contribution in [2.75, 3.05) is 20.2 Å². The van der Waals surface area contributed by atoms with Crippen LogP contribution in [0.2, 0.25) is 0 Å². The molecule has 1 aliphatic heterocycles. The van der Waals surface area contributed by atoms with Crippen molar-refractivity contribution in [3.05, 3.63) is 34.3 Å². The van der Waals surface area contributed by atoms with E-state index in [4.69, 9.17) is 4.74 Å². The highest BCUT2D eigenvalue weighted by Crippen LogP contribution is 2.15. The molecule has 0 radical (unpaired) electrons. The van der Waals surface area contributed by atoms with Gasteiger partial charge in [-0.15, -0.1) is 0 Å². The SMILES string of the molecule is COC1CN(C(=O)CCc2ccc(Br)cc2)C1. The molecule has 92 valence electrons. The number of benzene rings is 1. The molecule has 4 heteroatoms. The Morgan fingerprint density at radius 1 is 1.41 bits per heavy atom. The maximum absolute atomic E-state index is 11.8. The fourth-order valence-electron chi connectivity index (χ4n) is 1.85. The Morgan fingerprint density at radius 2 is 2.06 bits per heavy atom. The molecule has 0 bridgehead atoms. The zero-order valence-corrected chi connectivity index (χ0v) is 11.4. The van der Waals surface area contributed by atoms with E-state index in [0.717, 1.165) is 24.0 Å². The van der Waals surface area contributed by atoms with E-state index in [0.29, 0.717) is 6.42 Å². The number of carbonyl (C=O) groups excluding carboxylic acids is 1. The third kappa shape index (κ3) is 3.30. The third-order valence-corrected chi connectivity index (χ3v) is 3.60. The van der Waals surface area contributed by atoms with Crippen molar-refractivity contribution in [1.29, 1.82) is 0 Å². The van der Waals surface area contributed by atoms with Gasteiger partial charge in [0.1, 0.15) is 0 Å². The lowest BCUT2D eigenvalue weighted by Gasteiger charge is -2.38. The van der Waals surface area contributed by atoms with E-state index in [2.05, 4.69) is 15.9 Å². The van der Waals surface area contributed by atoms with Crippen molar-refractivity contribution in [1.82, 2.24) is 4.90 Å². The first-order chi connectivity index (χ1) is 8.19. The van der Waals surface area contributed by atoms with Gasteiger partial charge in [0.05, 0.1) is 6.10 Å². The summed E-state index contributed by atoms with van der Waals surface area (Å²) in [6.07, 6.45) is 1.63. The fourth-order valence-corrected chi connectivity index (χ4v) is 2.12. The van der Waals surface area contributed by atoms with Gasteiger partial charge in [0.25, 0.3) is 0 Å². The van der Waals surface area contributed by atoms with Gasteiger partial charge in [-0.2, -0.15) is 0 Å². The Labute approximate surface area is 110 Å². The van der Waals surface area contributed by atoms with Crippen LogP contribution >= 0.6 is 15.9 Å². The first-order valence-electron chi connectivity index (χ1n) is 5.74. The molecule has 0 spiro atoms. The summed E-state index contributed by atoms with van der Waals surface area (Å²) in [4.78, 5) is 13.6. The summed E-state index contributed by atoms with van der Waals surface area (Å²) >= 11 is 3.39. The number of likely N-dealkylation sites (tertiary alicyclic amines) is 1. The van der Waals surface area contributed by atoms with Crippen molar-refractivity contribution in [2.45, 2.75) is 18.9 Å². The molecule has 0 unspecified atom stereocenters. The minimum absolute atomic E-state index is 0.223. The number of aryl methyl sites for hydroxylation is 1. The lowest BCUT2D eigenvalue weighted by molar-refractivity contribution is -0.142. The quantitative estimate of drug-likeness (QED) is 0.853. The molecular formula is C13H16BrNO2. The Kier molecular flexibility index (Phi) is 4.18. The molecule has 0 aromatic heterocycles. The number of hydrogen-bond acceptors (Lipinski definition) is 2. The van der Waals surface area contributed by atoms with Crippen molar-refractivity contribution in [2.24, 2.45) is 0 Å². The zero-order chi connectivity index (χ0) is 12.3. The molecule has 0 aliphatic carbocycles. The van der Waals surface area contributed by atoms with Crippen LogP contribution in [-0.4, -0.2) is 37.1 Å². The van der Waals surface area contributed by atoms with Gasteiger partial charge in [0.2, 0.25) is 5.91 Å². The molecule has 1 aromatic rings. The second kappa shape index (κ2) is 5.65. The van der Waals surface area contributed by atoms with Crippen LogP contribution < -0.4 is 0 Å². The number of nitrogens with zero attached hydrogens (tertiary/aromatic N) is 1. The normalized spacial score (nSPS) is 15.8. The minimum atomic E-state index is 0.223. The van der Waals surface area contributed by atoms with Gasteiger partial charge in [-0.25, -0.2) is 0 Å². The van der Waals surface area contributed by atoms with Crippen molar-refractivity contribution in [3.8, 4) is 0 Å². The number of ether oxygens (including phenoxy) is 1. The lowest BCUT2D eigenvalue weighted by Crippen LogP contribution is -2.54. The van der Waals surface area contributed by atoms with Gasteiger partial charge in [-0.1, -0.05) is 28.1 Å². The van der Waals surface area contributed by atoms with Crippen LogP contribution in [0.3, 0.4) is 0 Å². The highest BCUT2D eigenvalue weighted by Gasteiger charge is 2.29. The van der Waals surface area contributed by atoms with E-state index in [9.17, 15) is 4.79 Å². The van der Waals surface area contributed by atoms with Crippen LogP contribution in [0.5, 0.6) is 0 Å². The van der Waals surface area contributed by atoms with Crippen LogP contribution in [0, 0.1) is 0 Å².